The highest BCUT2D eigenvalue weighted by molar-refractivity contribution is 7.92. The van der Waals surface area contributed by atoms with Gasteiger partial charge in [-0.1, -0.05) is 24.3 Å². The third kappa shape index (κ3) is 6.16. The first-order valence-corrected chi connectivity index (χ1v) is 12.9. The van der Waals surface area contributed by atoms with E-state index in [0.717, 1.165) is 19.4 Å². The lowest BCUT2D eigenvalue weighted by molar-refractivity contribution is -0.121. The number of sulfonamides is 1. The van der Waals surface area contributed by atoms with Gasteiger partial charge in [0, 0.05) is 43.9 Å². The molecule has 0 aliphatic carbocycles. The number of para-hydroxylation sites is 1. The molecule has 1 N–H and O–H groups in total. The molecule has 1 aliphatic heterocycles. The molecule has 32 heavy (non-hydrogen) atoms. The number of nitrogens with one attached hydrogen (secondary N) is 1. The van der Waals surface area contributed by atoms with Crippen molar-refractivity contribution >= 4 is 27.3 Å². The fourth-order valence-electron chi connectivity index (χ4n) is 4.17. The molecule has 1 heterocycles. The highest BCUT2D eigenvalue weighted by atomic mass is 32.2. The highest BCUT2D eigenvalue weighted by Gasteiger charge is 2.24. The van der Waals surface area contributed by atoms with Gasteiger partial charge in [-0.15, -0.1) is 0 Å². The summed E-state index contributed by atoms with van der Waals surface area (Å²) in [7, 11) is -1.92. The predicted octanol–water partition coefficient (Wildman–Crippen LogP) is 3.20. The highest BCUT2D eigenvalue weighted by Crippen LogP contribution is 2.31. The van der Waals surface area contributed by atoms with Gasteiger partial charge in [-0.2, -0.15) is 0 Å². The maximum atomic E-state index is 12.3. The Balaban J connectivity index is 1.42. The van der Waals surface area contributed by atoms with E-state index >= 15 is 0 Å². The van der Waals surface area contributed by atoms with Gasteiger partial charge >= 0.3 is 0 Å². The molecule has 0 saturated heterocycles. The minimum atomic E-state index is -3.46. The first-order chi connectivity index (χ1) is 15.3. The van der Waals surface area contributed by atoms with Crippen molar-refractivity contribution < 1.29 is 17.9 Å². The number of ether oxygens (including phenoxy) is 1. The summed E-state index contributed by atoms with van der Waals surface area (Å²) in [5, 5.41) is 2.96. The van der Waals surface area contributed by atoms with E-state index in [4.69, 9.17) is 4.74 Å². The second-order valence-electron chi connectivity index (χ2n) is 8.22. The summed E-state index contributed by atoms with van der Waals surface area (Å²) in [6, 6.07) is 15.9. The molecule has 174 valence electrons. The van der Waals surface area contributed by atoms with Crippen molar-refractivity contribution in [3.05, 3.63) is 54.1 Å². The van der Waals surface area contributed by atoms with Crippen molar-refractivity contribution in [1.82, 2.24) is 5.32 Å². The molecule has 1 amide bonds. The predicted molar refractivity (Wildman–Crippen MR) is 129 cm³/mol. The second-order valence-corrected chi connectivity index (χ2v) is 10.1. The van der Waals surface area contributed by atoms with E-state index in [-0.39, 0.29) is 18.9 Å². The van der Waals surface area contributed by atoms with E-state index in [2.05, 4.69) is 41.4 Å². The molecule has 2 aromatic rings. The van der Waals surface area contributed by atoms with E-state index in [0.29, 0.717) is 30.4 Å². The number of hydrogen-bond acceptors (Lipinski definition) is 5. The maximum absolute atomic E-state index is 12.3. The third-order valence-corrected chi connectivity index (χ3v) is 6.95. The zero-order chi connectivity index (χ0) is 23.1. The van der Waals surface area contributed by atoms with Crippen molar-refractivity contribution in [2.75, 3.05) is 42.2 Å². The Hall–Kier alpha value is -2.74. The molecule has 1 aliphatic rings. The topological polar surface area (TPSA) is 79.0 Å². The van der Waals surface area contributed by atoms with Crippen LogP contribution in [0.2, 0.25) is 0 Å². The summed E-state index contributed by atoms with van der Waals surface area (Å²) in [6.07, 6.45) is 3.81. The van der Waals surface area contributed by atoms with Gasteiger partial charge in [0.25, 0.3) is 0 Å². The number of rotatable bonds is 11. The van der Waals surface area contributed by atoms with Crippen LogP contribution in [0.15, 0.2) is 48.5 Å². The quantitative estimate of drug-likeness (QED) is 0.522. The summed E-state index contributed by atoms with van der Waals surface area (Å²) in [6.45, 7) is 3.97. The van der Waals surface area contributed by atoms with Crippen molar-refractivity contribution in [2.24, 2.45) is 0 Å². The average Bonchev–Trinajstić information content (AvgIpc) is 3.08. The molecular weight excluding hydrogens is 426 g/mol. The number of methoxy groups -OCH3 is 1. The Bertz CT molecular complexity index is 1030. The normalized spacial score (nSPS) is 15.3. The van der Waals surface area contributed by atoms with Gasteiger partial charge < -0.3 is 15.0 Å². The fraction of sp³-hybridized carbons (Fsp3) is 0.458. The molecule has 2 aromatic carbocycles. The van der Waals surface area contributed by atoms with E-state index in [1.165, 1.54) is 28.9 Å². The molecule has 0 aromatic heterocycles. The van der Waals surface area contributed by atoms with Gasteiger partial charge in [-0.3, -0.25) is 9.10 Å². The minimum absolute atomic E-state index is 0.0565. The number of hydrogen-bond donors (Lipinski definition) is 1. The lowest BCUT2D eigenvalue weighted by atomic mass is 10.1. The number of fused-ring (bicyclic) bond motifs is 1. The molecule has 3 rings (SSSR count). The first kappa shape index (κ1) is 23.9. The van der Waals surface area contributed by atoms with Gasteiger partial charge in [0.05, 0.1) is 19.1 Å². The SMILES string of the molecule is COc1cccc(N(CCCC(=O)NCCCN2c3ccccc3C[C@@H]2C)S(C)(=O)=O)c1. The molecule has 0 spiro atoms. The summed E-state index contributed by atoms with van der Waals surface area (Å²) in [5.41, 5.74) is 3.22. The fourth-order valence-corrected chi connectivity index (χ4v) is 5.13. The summed E-state index contributed by atoms with van der Waals surface area (Å²) < 4.78 is 31.0. The van der Waals surface area contributed by atoms with Crippen molar-refractivity contribution in [1.29, 1.82) is 0 Å². The van der Waals surface area contributed by atoms with Crippen LogP contribution in [-0.2, 0) is 21.2 Å². The van der Waals surface area contributed by atoms with Crippen LogP contribution < -0.4 is 19.3 Å². The Morgan fingerprint density at radius 3 is 2.72 bits per heavy atom. The summed E-state index contributed by atoms with van der Waals surface area (Å²) >= 11 is 0. The number of nitrogens with zero attached hydrogens (tertiary/aromatic N) is 2. The second kappa shape index (κ2) is 10.7. The molecule has 0 bridgehead atoms. The minimum Gasteiger partial charge on any atom is -0.497 e. The van der Waals surface area contributed by atoms with Crippen LogP contribution in [-0.4, -0.2) is 53.4 Å². The van der Waals surface area contributed by atoms with Gasteiger partial charge in [-0.25, -0.2) is 8.42 Å². The molecule has 0 radical (unpaired) electrons. The molecular formula is C24H33N3O4S. The monoisotopic (exact) mass is 459 g/mol. The number of carbonyl (C=O) groups is 1. The third-order valence-electron chi connectivity index (χ3n) is 5.75. The van der Waals surface area contributed by atoms with Crippen LogP contribution in [0.1, 0.15) is 31.7 Å². The van der Waals surface area contributed by atoms with Crippen LogP contribution >= 0.6 is 0 Å². The van der Waals surface area contributed by atoms with Crippen molar-refractivity contribution in [2.45, 2.75) is 38.6 Å². The summed E-state index contributed by atoms with van der Waals surface area (Å²) in [4.78, 5) is 14.7. The standard InChI is InChI=1S/C24H33N3O4S/c1-19-17-20-9-4-5-12-23(20)26(19)15-8-14-25-24(28)13-7-16-27(32(3,29)30)21-10-6-11-22(18-21)31-2/h4-6,9-12,18-19H,7-8,13-17H2,1-3H3,(H,25,28)/t19-/m0/s1. The largest absolute Gasteiger partial charge is 0.497 e. The number of carbonyl (C=O) groups excluding carboxylic acids is 1. The summed E-state index contributed by atoms with van der Waals surface area (Å²) in [5.74, 6) is 0.530. The molecule has 1 atom stereocenters. The first-order valence-electron chi connectivity index (χ1n) is 11.0. The molecule has 7 nitrogen and oxygen atoms in total. The molecule has 0 fully saturated rings. The Morgan fingerprint density at radius 1 is 1.19 bits per heavy atom. The van der Waals surface area contributed by atoms with Crippen LogP contribution in [0.5, 0.6) is 5.75 Å². The van der Waals surface area contributed by atoms with Crippen LogP contribution in [0.4, 0.5) is 11.4 Å². The van der Waals surface area contributed by atoms with Crippen molar-refractivity contribution in [3.63, 3.8) is 0 Å². The van der Waals surface area contributed by atoms with E-state index in [1.54, 1.807) is 24.3 Å². The number of benzene rings is 2. The van der Waals surface area contributed by atoms with E-state index in [1.807, 2.05) is 0 Å². The van der Waals surface area contributed by atoms with Gasteiger partial charge in [0.15, 0.2) is 0 Å². The molecule has 0 saturated carbocycles. The van der Waals surface area contributed by atoms with Crippen LogP contribution in [0, 0.1) is 0 Å². The zero-order valence-electron chi connectivity index (χ0n) is 19.1. The average molecular weight is 460 g/mol. The smallest absolute Gasteiger partial charge is 0.232 e. The number of amides is 1. The lowest BCUT2D eigenvalue weighted by Gasteiger charge is -2.25. The van der Waals surface area contributed by atoms with Crippen molar-refractivity contribution in [3.8, 4) is 5.75 Å². The number of anilines is 2. The Labute approximate surface area is 191 Å². The van der Waals surface area contributed by atoms with Crippen LogP contribution in [0.3, 0.4) is 0 Å². The lowest BCUT2D eigenvalue weighted by Crippen LogP contribution is -2.34. The Kier molecular flexibility index (Phi) is 8.01. The van der Waals surface area contributed by atoms with Crippen LogP contribution in [0.25, 0.3) is 0 Å². The molecule has 8 heteroatoms. The van der Waals surface area contributed by atoms with Gasteiger partial charge in [-0.05, 0) is 49.9 Å². The van der Waals surface area contributed by atoms with Gasteiger partial charge in [0.1, 0.15) is 5.75 Å². The zero-order valence-corrected chi connectivity index (χ0v) is 19.9. The molecule has 0 unspecified atom stereocenters. The maximum Gasteiger partial charge on any atom is 0.232 e. The van der Waals surface area contributed by atoms with E-state index < -0.39 is 10.0 Å². The Morgan fingerprint density at radius 2 is 1.97 bits per heavy atom. The van der Waals surface area contributed by atoms with Gasteiger partial charge in [0.2, 0.25) is 15.9 Å². The van der Waals surface area contributed by atoms with E-state index in [9.17, 15) is 13.2 Å².